The highest BCUT2D eigenvalue weighted by molar-refractivity contribution is 5.94. The van der Waals surface area contributed by atoms with E-state index in [2.05, 4.69) is 6.92 Å². The monoisotopic (exact) mass is 305 g/mol. The van der Waals surface area contributed by atoms with Crippen molar-refractivity contribution in [1.29, 1.82) is 0 Å². The Morgan fingerprint density at radius 2 is 1.95 bits per heavy atom. The van der Waals surface area contributed by atoms with Crippen LogP contribution in [0.5, 0.6) is 0 Å². The van der Waals surface area contributed by atoms with E-state index in [1.54, 1.807) is 23.1 Å². The van der Waals surface area contributed by atoms with Gasteiger partial charge in [0.25, 0.3) is 5.91 Å². The van der Waals surface area contributed by atoms with Gasteiger partial charge in [-0.3, -0.25) is 4.79 Å². The van der Waals surface area contributed by atoms with Crippen LogP contribution in [0.25, 0.3) is 0 Å². The quantitative estimate of drug-likeness (QED) is 0.884. The van der Waals surface area contributed by atoms with Crippen LogP contribution in [0.2, 0.25) is 0 Å². The van der Waals surface area contributed by atoms with E-state index < -0.39 is 5.82 Å². The van der Waals surface area contributed by atoms with E-state index in [-0.39, 0.29) is 11.5 Å². The van der Waals surface area contributed by atoms with Crippen LogP contribution in [-0.2, 0) is 0 Å². The lowest BCUT2D eigenvalue weighted by Gasteiger charge is -2.39. The molecule has 22 heavy (non-hydrogen) atoms. The number of carbonyl (C=O) groups excluding carboxylic acids is 1. The van der Waals surface area contributed by atoms with Crippen molar-refractivity contribution in [3.05, 3.63) is 35.6 Å². The standard InChI is InChI=1S/C18H25FN2O/c1-14-5-4-6-15(13-14)20-9-11-21(12-10-20)18(22)16-7-2-3-8-17(16)19/h2-3,7-8,14-15H,4-6,9-13H2,1H3/p+1/t14-,15-/m0/s1. The van der Waals surface area contributed by atoms with E-state index >= 15 is 0 Å². The van der Waals surface area contributed by atoms with E-state index in [4.69, 9.17) is 0 Å². The zero-order valence-electron chi connectivity index (χ0n) is 13.4. The van der Waals surface area contributed by atoms with Crippen molar-refractivity contribution in [2.75, 3.05) is 26.2 Å². The van der Waals surface area contributed by atoms with Crippen molar-refractivity contribution in [3.63, 3.8) is 0 Å². The average Bonchev–Trinajstić information content (AvgIpc) is 2.55. The summed E-state index contributed by atoms with van der Waals surface area (Å²) in [4.78, 5) is 15.9. The minimum absolute atomic E-state index is 0.158. The summed E-state index contributed by atoms with van der Waals surface area (Å²) < 4.78 is 13.8. The third kappa shape index (κ3) is 3.32. The molecular formula is C18H26FN2O+. The molecule has 0 aromatic heterocycles. The van der Waals surface area contributed by atoms with Gasteiger partial charge in [0.2, 0.25) is 0 Å². The molecule has 2 atom stereocenters. The van der Waals surface area contributed by atoms with E-state index in [9.17, 15) is 9.18 Å². The molecule has 0 spiro atoms. The summed E-state index contributed by atoms with van der Waals surface area (Å²) in [6.45, 7) is 5.83. The van der Waals surface area contributed by atoms with Crippen LogP contribution in [-0.4, -0.2) is 43.0 Å². The third-order valence-electron chi connectivity index (χ3n) is 5.31. The Bertz CT molecular complexity index is 526. The highest BCUT2D eigenvalue weighted by Crippen LogP contribution is 2.22. The van der Waals surface area contributed by atoms with Gasteiger partial charge in [0.1, 0.15) is 5.82 Å². The van der Waals surface area contributed by atoms with Crippen LogP contribution in [0.15, 0.2) is 24.3 Å². The predicted octanol–water partition coefficient (Wildman–Crippen LogP) is 1.75. The van der Waals surface area contributed by atoms with Gasteiger partial charge in [-0.2, -0.15) is 0 Å². The highest BCUT2D eigenvalue weighted by Gasteiger charge is 2.32. The Kier molecular flexibility index (Phi) is 4.77. The summed E-state index contributed by atoms with van der Waals surface area (Å²) in [6, 6.07) is 7.05. The van der Waals surface area contributed by atoms with Crippen molar-refractivity contribution in [1.82, 2.24) is 4.90 Å². The third-order valence-corrected chi connectivity index (χ3v) is 5.31. The fraction of sp³-hybridized carbons (Fsp3) is 0.611. The molecule has 1 aliphatic carbocycles. The number of benzene rings is 1. The lowest BCUT2D eigenvalue weighted by Crippen LogP contribution is -3.18. The summed E-state index contributed by atoms with van der Waals surface area (Å²) in [5, 5.41) is 0. The normalized spacial score (nSPS) is 26.9. The molecule has 0 radical (unpaired) electrons. The second kappa shape index (κ2) is 6.78. The number of quaternary nitrogens is 1. The Hall–Kier alpha value is -1.42. The van der Waals surface area contributed by atoms with Gasteiger partial charge in [0.15, 0.2) is 0 Å². The summed E-state index contributed by atoms with van der Waals surface area (Å²) in [7, 11) is 0. The van der Waals surface area contributed by atoms with Crippen LogP contribution < -0.4 is 4.90 Å². The van der Waals surface area contributed by atoms with E-state index in [0.717, 1.165) is 38.1 Å². The van der Waals surface area contributed by atoms with Crippen LogP contribution in [0.4, 0.5) is 4.39 Å². The molecule has 120 valence electrons. The van der Waals surface area contributed by atoms with Gasteiger partial charge in [-0.1, -0.05) is 25.5 Å². The number of hydrogen-bond donors (Lipinski definition) is 1. The molecule has 1 saturated carbocycles. The molecule has 2 fully saturated rings. The SMILES string of the molecule is C[C@H]1CCC[C@H]([NH+]2CCN(C(=O)c3ccccc3F)CC2)C1. The van der Waals surface area contributed by atoms with E-state index in [1.165, 1.54) is 31.7 Å². The van der Waals surface area contributed by atoms with Crippen molar-refractivity contribution < 1.29 is 14.1 Å². The molecule has 3 nitrogen and oxygen atoms in total. The lowest BCUT2D eigenvalue weighted by molar-refractivity contribution is -0.930. The molecule has 1 amide bonds. The highest BCUT2D eigenvalue weighted by atomic mass is 19.1. The number of hydrogen-bond acceptors (Lipinski definition) is 1. The molecule has 1 heterocycles. The Morgan fingerprint density at radius 3 is 2.64 bits per heavy atom. The first-order valence-electron chi connectivity index (χ1n) is 8.53. The first kappa shape index (κ1) is 15.5. The maximum absolute atomic E-state index is 13.8. The molecule has 2 aliphatic rings. The predicted molar refractivity (Wildman–Crippen MR) is 84.4 cm³/mol. The Balaban J connectivity index is 1.57. The van der Waals surface area contributed by atoms with Crippen molar-refractivity contribution in [2.45, 2.75) is 38.6 Å². The van der Waals surface area contributed by atoms with Crippen molar-refractivity contribution in [3.8, 4) is 0 Å². The number of rotatable bonds is 2. The van der Waals surface area contributed by atoms with Crippen LogP contribution >= 0.6 is 0 Å². The smallest absolute Gasteiger partial charge is 0.257 e. The number of carbonyl (C=O) groups is 1. The van der Waals surface area contributed by atoms with Crippen LogP contribution in [0.1, 0.15) is 43.0 Å². The summed E-state index contributed by atoms with van der Waals surface area (Å²) in [6.07, 6.45) is 5.34. The molecule has 1 aromatic carbocycles. The molecular weight excluding hydrogens is 279 g/mol. The zero-order chi connectivity index (χ0) is 15.5. The molecule has 0 unspecified atom stereocenters. The van der Waals surface area contributed by atoms with Gasteiger partial charge < -0.3 is 9.80 Å². The second-order valence-corrected chi connectivity index (χ2v) is 6.90. The average molecular weight is 305 g/mol. The second-order valence-electron chi connectivity index (χ2n) is 6.90. The topological polar surface area (TPSA) is 24.8 Å². The molecule has 1 aromatic rings. The molecule has 3 rings (SSSR count). The molecule has 0 bridgehead atoms. The number of halogens is 1. The maximum Gasteiger partial charge on any atom is 0.257 e. The zero-order valence-corrected chi connectivity index (χ0v) is 13.4. The summed E-state index contributed by atoms with van der Waals surface area (Å²) in [5.74, 6) is 0.266. The van der Waals surface area contributed by atoms with Gasteiger partial charge in [-0.15, -0.1) is 0 Å². The van der Waals surface area contributed by atoms with Gasteiger partial charge in [0, 0.05) is 6.42 Å². The minimum atomic E-state index is -0.414. The Labute approximate surface area is 132 Å². The largest absolute Gasteiger partial charge is 0.330 e. The van der Waals surface area contributed by atoms with Gasteiger partial charge in [-0.05, 0) is 30.9 Å². The molecule has 4 heteroatoms. The van der Waals surface area contributed by atoms with E-state index in [0.29, 0.717) is 0 Å². The molecule has 1 N–H and O–H groups in total. The fourth-order valence-corrected chi connectivity index (χ4v) is 4.02. The van der Waals surface area contributed by atoms with Crippen molar-refractivity contribution >= 4 is 5.91 Å². The molecule has 1 aliphatic heterocycles. The summed E-state index contributed by atoms with van der Waals surface area (Å²) in [5.41, 5.74) is 0.206. The summed E-state index contributed by atoms with van der Waals surface area (Å²) >= 11 is 0. The lowest BCUT2D eigenvalue weighted by atomic mass is 9.86. The Morgan fingerprint density at radius 1 is 1.23 bits per heavy atom. The number of amides is 1. The van der Waals surface area contributed by atoms with Crippen molar-refractivity contribution in [2.24, 2.45) is 5.92 Å². The van der Waals surface area contributed by atoms with Gasteiger partial charge in [-0.25, -0.2) is 4.39 Å². The van der Waals surface area contributed by atoms with Crippen LogP contribution in [0, 0.1) is 11.7 Å². The number of nitrogens with one attached hydrogen (secondary N) is 1. The first-order valence-corrected chi connectivity index (χ1v) is 8.53. The van der Waals surface area contributed by atoms with Gasteiger partial charge in [0.05, 0.1) is 37.8 Å². The fourth-order valence-electron chi connectivity index (χ4n) is 4.02. The van der Waals surface area contributed by atoms with E-state index in [1.807, 2.05) is 4.90 Å². The minimum Gasteiger partial charge on any atom is -0.330 e. The van der Waals surface area contributed by atoms with Gasteiger partial charge >= 0.3 is 0 Å². The maximum atomic E-state index is 13.8. The number of nitrogens with zero attached hydrogens (tertiary/aromatic N) is 1. The number of piperazine rings is 1. The van der Waals surface area contributed by atoms with Crippen LogP contribution in [0.3, 0.4) is 0 Å². The first-order chi connectivity index (χ1) is 10.6. The molecule has 1 saturated heterocycles.